The molecule has 0 bridgehead atoms. The van der Waals surface area contributed by atoms with Gasteiger partial charge in [-0.25, -0.2) is 17.5 Å². The second kappa shape index (κ2) is 6.44. The summed E-state index contributed by atoms with van der Waals surface area (Å²) < 4.78 is 38.7. The maximum atomic E-state index is 13.2. The van der Waals surface area contributed by atoms with Crippen LogP contribution in [0.15, 0.2) is 24.3 Å². The number of piperidine rings is 1. The molecule has 0 aromatic heterocycles. The number of hydrogen-bond acceptors (Lipinski definition) is 3. The van der Waals surface area contributed by atoms with Crippen molar-refractivity contribution >= 4 is 15.9 Å². The average Bonchev–Trinajstić information content (AvgIpc) is 2.46. The van der Waals surface area contributed by atoms with Crippen molar-refractivity contribution in [1.29, 1.82) is 0 Å². The molecule has 1 amide bonds. The first-order valence-corrected chi connectivity index (χ1v) is 10.2. The highest BCUT2D eigenvalue weighted by atomic mass is 32.2. The number of carbonyl (C=O) groups excluding carboxylic acids is 1. The fourth-order valence-electron chi connectivity index (χ4n) is 3.79. The quantitative estimate of drug-likeness (QED) is 0.896. The SMILES string of the molecule is CS(=O)(=O)NC1CCCN(C(=O)C2(c3ccc(F)cc3)CCC2)C1. The lowest BCUT2D eigenvalue weighted by Gasteiger charge is -2.46. The van der Waals surface area contributed by atoms with E-state index >= 15 is 0 Å². The normalized spacial score (nSPS) is 23.6. The van der Waals surface area contributed by atoms with Gasteiger partial charge >= 0.3 is 0 Å². The monoisotopic (exact) mass is 354 g/mol. The van der Waals surface area contributed by atoms with Gasteiger partial charge in [0, 0.05) is 19.1 Å². The molecule has 24 heavy (non-hydrogen) atoms. The molecule has 132 valence electrons. The first-order chi connectivity index (χ1) is 11.3. The zero-order valence-corrected chi connectivity index (χ0v) is 14.6. The molecule has 1 saturated carbocycles. The Morgan fingerprint density at radius 2 is 1.92 bits per heavy atom. The predicted molar refractivity (Wildman–Crippen MR) is 89.5 cm³/mol. The van der Waals surface area contributed by atoms with E-state index in [1.807, 2.05) is 0 Å². The molecule has 5 nitrogen and oxygen atoms in total. The van der Waals surface area contributed by atoms with Gasteiger partial charge in [0.1, 0.15) is 5.82 Å². The molecular weight excluding hydrogens is 331 g/mol. The molecule has 2 aliphatic rings. The number of carbonyl (C=O) groups is 1. The van der Waals surface area contributed by atoms with Crippen LogP contribution in [0.25, 0.3) is 0 Å². The summed E-state index contributed by atoms with van der Waals surface area (Å²) >= 11 is 0. The van der Waals surface area contributed by atoms with Gasteiger partial charge in [-0.3, -0.25) is 4.79 Å². The summed E-state index contributed by atoms with van der Waals surface area (Å²) in [5, 5.41) is 0. The Kier molecular flexibility index (Phi) is 4.66. The van der Waals surface area contributed by atoms with Crippen LogP contribution < -0.4 is 4.72 Å². The molecule has 1 N–H and O–H groups in total. The lowest BCUT2D eigenvalue weighted by Crippen LogP contribution is -2.56. The Bertz CT molecular complexity index is 714. The van der Waals surface area contributed by atoms with E-state index in [0.29, 0.717) is 13.1 Å². The van der Waals surface area contributed by atoms with E-state index in [4.69, 9.17) is 0 Å². The van der Waals surface area contributed by atoms with E-state index in [2.05, 4.69) is 4.72 Å². The van der Waals surface area contributed by atoms with Gasteiger partial charge in [-0.2, -0.15) is 0 Å². The van der Waals surface area contributed by atoms with Crippen LogP contribution in [-0.4, -0.2) is 44.6 Å². The van der Waals surface area contributed by atoms with Crippen molar-refractivity contribution in [3.8, 4) is 0 Å². The minimum absolute atomic E-state index is 0.0420. The highest BCUT2D eigenvalue weighted by Gasteiger charge is 2.48. The first kappa shape index (κ1) is 17.4. The number of rotatable bonds is 4. The number of likely N-dealkylation sites (tertiary alicyclic amines) is 1. The van der Waals surface area contributed by atoms with Gasteiger partial charge < -0.3 is 4.90 Å². The zero-order chi connectivity index (χ0) is 17.4. The number of nitrogens with one attached hydrogen (secondary N) is 1. The second-order valence-electron chi connectivity index (χ2n) is 6.92. The molecule has 2 fully saturated rings. The number of nitrogens with zero attached hydrogens (tertiary/aromatic N) is 1. The van der Waals surface area contributed by atoms with Crippen LogP contribution in [0.1, 0.15) is 37.7 Å². The Morgan fingerprint density at radius 3 is 2.46 bits per heavy atom. The molecular formula is C17H23FN2O3S. The molecule has 1 atom stereocenters. The maximum Gasteiger partial charge on any atom is 0.233 e. The molecule has 1 aliphatic carbocycles. The Balaban J connectivity index is 1.77. The summed E-state index contributed by atoms with van der Waals surface area (Å²) in [4.78, 5) is 14.9. The number of halogens is 1. The van der Waals surface area contributed by atoms with E-state index in [-0.39, 0.29) is 17.8 Å². The number of amides is 1. The Morgan fingerprint density at radius 1 is 1.25 bits per heavy atom. The summed E-state index contributed by atoms with van der Waals surface area (Å²) in [6.07, 6.45) is 5.15. The van der Waals surface area contributed by atoms with Gasteiger partial charge in [-0.05, 0) is 43.4 Å². The summed E-state index contributed by atoms with van der Waals surface area (Å²) in [5.41, 5.74) is 0.291. The van der Waals surface area contributed by atoms with E-state index in [1.54, 1.807) is 17.0 Å². The highest BCUT2D eigenvalue weighted by molar-refractivity contribution is 7.88. The van der Waals surface area contributed by atoms with Crippen LogP contribution in [0, 0.1) is 5.82 Å². The fraction of sp³-hybridized carbons (Fsp3) is 0.588. The van der Waals surface area contributed by atoms with Gasteiger partial charge in [0.2, 0.25) is 15.9 Å². The first-order valence-electron chi connectivity index (χ1n) is 8.33. The molecule has 1 aromatic carbocycles. The van der Waals surface area contributed by atoms with Crippen molar-refractivity contribution in [3.05, 3.63) is 35.6 Å². The lowest BCUT2D eigenvalue weighted by atomic mass is 9.63. The lowest BCUT2D eigenvalue weighted by molar-refractivity contribution is -0.142. The van der Waals surface area contributed by atoms with Crippen LogP contribution in [0.3, 0.4) is 0 Å². The van der Waals surface area contributed by atoms with Gasteiger partial charge in [0.15, 0.2) is 0 Å². The average molecular weight is 354 g/mol. The van der Waals surface area contributed by atoms with Crippen molar-refractivity contribution in [2.75, 3.05) is 19.3 Å². The van der Waals surface area contributed by atoms with Gasteiger partial charge in [0.05, 0.1) is 11.7 Å². The van der Waals surface area contributed by atoms with Crippen molar-refractivity contribution < 1.29 is 17.6 Å². The fourth-order valence-corrected chi connectivity index (χ4v) is 4.59. The molecule has 1 saturated heterocycles. The minimum atomic E-state index is -3.29. The van der Waals surface area contributed by atoms with E-state index in [1.165, 1.54) is 12.1 Å². The van der Waals surface area contributed by atoms with Crippen molar-refractivity contribution in [2.24, 2.45) is 0 Å². The third kappa shape index (κ3) is 3.47. The topological polar surface area (TPSA) is 66.5 Å². The van der Waals surface area contributed by atoms with E-state index in [0.717, 1.165) is 43.9 Å². The van der Waals surface area contributed by atoms with E-state index in [9.17, 15) is 17.6 Å². The zero-order valence-electron chi connectivity index (χ0n) is 13.8. The third-order valence-corrected chi connectivity index (χ3v) is 5.86. The number of sulfonamides is 1. The minimum Gasteiger partial charge on any atom is -0.340 e. The number of hydrogen-bond donors (Lipinski definition) is 1. The van der Waals surface area contributed by atoms with Gasteiger partial charge in [-0.15, -0.1) is 0 Å². The molecule has 7 heteroatoms. The highest BCUT2D eigenvalue weighted by Crippen LogP contribution is 2.45. The van der Waals surface area contributed by atoms with Crippen molar-refractivity contribution in [1.82, 2.24) is 9.62 Å². The number of benzene rings is 1. The van der Waals surface area contributed by atoms with Crippen LogP contribution in [0.2, 0.25) is 0 Å². The Hall–Kier alpha value is -1.47. The second-order valence-corrected chi connectivity index (χ2v) is 8.70. The van der Waals surface area contributed by atoms with E-state index < -0.39 is 15.4 Å². The summed E-state index contributed by atoms with van der Waals surface area (Å²) in [5.74, 6) is -0.267. The molecule has 0 radical (unpaired) electrons. The maximum absolute atomic E-state index is 13.2. The van der Waals surface area contributed by atoms with Crippen LogP contribution in [0.5, 0.6) is 0 Å². The smallest absolute Gasteiger partial charge is 0.233 e. The van der Waals surface area contributed by atoms with Crippen molar-refractivity contribution in [3.63, 3.8) is 0 Å². The van der Waals surface area contributed by atoms with Crippen LogP contribution >= 0.6 is 0 Å². The molecule has 1 aromatic rings. The van der Waals surface area contributed by atoms with Crippen molar-refractivity contribution in [2.45, 2.75) is 43.6 Å². The summed E-state index contributed by atoms with van der Waals surface area (Å²) in [6.45, 7) is 1.04. The third-order valence-electron chi connectivity index (χ3n) is 5.10. The molecule has 0 spiro atoms. The van der Waals surface area contributed by atoms with Gasteiger partial charge in [0.25, 0.3) is 0 Å². The standard InChI is InChI=1S/C17H23FN2O3S/c1-24(22,23)19-15-4-2-11-20(12-15)16(21)17(9-3-10-17)13-5-7-14(18)8-6-13/h5-8,15,19H,2-4,9-12H2,1H3. The molecule has 1 heterocycles. The van der Waals surface area contributed by atoms with Crippen LogP contribution in [0.4, 0.5) is 4.39 Å². The van der Waals surface area contributed by atoms with Crippen LogP contribution in [-0.2, 0) is 20.2 Å². The Labute approximate surface area is 142 Å². The largest absolute Gasteiger partial charge is 0.340 e. The predicted octanol–water partition coefficient (Wildman–Crippen LogP) is 1.79. The molecule has 1 aliphatic heterocycles. The van der Waals surface area contributed by atoms with Gasteiger partial charge in [-0.1, -0.05) is 18.6 Å². The summed E-state index contributed by atoms with van der Waals surface area (Å²) in [7, 11) is -3.29. The summed E-state index contributed by atoms with van der Waals surface area (Å²) in [6, 6.07) is 5.95. The molecule has 1 unspecified atom stereocenters. The molecule has 3 rings (SSSR count).